The number of carbonyl (C=O) groups excluding carboxylic acids is 7. The van der Waals surface area contributed by atoms with Crippen molar-refractivity contribution in [2.75, 3.05) is 13.2 Å². The second-order valence-electron chi connectivity index (χ2n) is 27.0. The van der Waals surface area contributed by atoms with E-state index in [2.05, 4.69) is 10.3 Å². The molecule has 6 aliphatic heterocycles. The fourth-order valence-corrected chi connectivity index (χ4v) is 16.5. The van der Waals surface area contributed by atoms with Crippen molar-refractivity contribution in [3.63, 3.8) is 0 Å². The molecule has 1 aromatic carbocycles. The SMILES string of the molecule is C/C1=C2/[N-][C@@H]([C@H](CC(N)=O)[C@@]2(C)CCC(=O)NC[C@@H](C)OP(=O)(O)O[C@H]2[C@@H](O)[C@@H](n3cnc4cc(C)c(C)cc43)O[C@@H]2CO)[C@]2(C)N=C(/C(C)=C3N=C(/C=C4N=C1[C@@H](CCC(N)=O)C/4(C)C)[C@@H](CCC(N)=O)[C@]\3(C)CC(N)=O)[C@@H](CCC(N)=O)[C@]2(C)CC(N)=O.[CH3-].[Co+3]. The van der Waals surface area contributed by atoms with Gasteiger partial charge in [-0.25, -0.2) is 9.55 Å². The molecule has 8 bridgehead atoms. The Bertz CT molecular complexity index is 3540. The number of hydrogen-bond acceptors (Lipinski definition) is 17. The van der Waals surface area contributed by atoms with E-state index in [1.807, 2.05) is 80.5 Å². The number of benzene rings is 1. The number of nitrogens with one attached hydrogen (secondary N) is 1. The molecule has 2 fully saturated rings. The Morgan fingerprint density at radius 3 is 1.95 bits per heavy atom. The Morgan fingerprint density at radius 2 is 1.37 bits per heavy atom. The predicted molar refractivity (Wildman–Crippen MR) is 340 cm³/mol. The van der Waals surface area contributed by atoms with Gasteiger partial charge in [-0.15, -0.1) is 0 Å². The van der Waals surface area contributed by atoms with Gasteiger partial charge in [-0.2, -0.15) is 5.70 Å². The Hall–Kier alpha value is -6.49. The first-order valence-electron chi connectivity index (χ1n) is 30.5. The minimum atomic E-state index is -5.07. The van der Waals surface area contributed by atoms with Gasteiger partial charge in [-0.3, -0.25) is 57.6 Å². The maximum atomic E-state index is 14.4. The number of allylic oxidation sites excluding steroid dienone is 6. The molecule has 0 spiro atoms. The van der Waals surface area contributed by atoms with Crippen LogP contribution >= 0.6 is 7.82 Å². The Kier molecular flexibility index (Phi) is 22.6. The van der Waals surface area contributed by atoms with Gasteiger partial charge < -0.3 is 76.9 Å². The molecule has 2 saturated heterocycles. The summed E-state index contributed by atoms with van der Waals surface area (Å²) in [5.41, 5.74) is 36.8. The monoisotopic (exact) mass is 1340 g/mol. The number of imidazole rings is 1. The number of nitrogens with zero attached hydrogens (tertiary/aromatic N) is 6. The summed E-state index contributed by atoms with van der Waals surface area (Å²) in [5, 5.41) is 30.2. The van der Waals surface area contributed by atoms with E-state index in [0.717, 1.165) is 11.1 Å². The zero-order valence-corrected chi connectivity index (χ0v) is 56.5. The van der Waals surface area contributed by atoms with Crippen molar-refractivity contribution < 1.29 is 83.8 Å². The van der Waals surface area contributed by atoms with E-state index in [1.54, 1.807) is 11.5 Å². The Labute approximate surface area is 547 Å². The zero-order chi connectivity index (χ0) is 66.7. The van der Waals surface area contributed by atoms with E-state index in [4.69, 9.17) is 68.5 Å². The molecule has 1 aromatic heterocycles. The summed E-state index contributed by atoms with van der Waals surface area (Å²) in [4.78, 5) is 125. The first-order chi connectivity index (χ1) is 41.8. The summed E-state index contributed by atoms with van der Waals surface area (Å²) in [6, 6.07) is 2.68. The number of fused-ring (bicyclic) bond motifs is 7. The van der Waals surface area contributed by atoms with Gasteiger partial charge in [0.2, 0.25) is 41.4 Å². The molecule has 0 saturated carbocycles. The molecule has 92 heavy (non-hydrogen) atoms. The molecule has 7 amide bonds. The summed E-state index contributed by atoms with van der Waals surface area (Å²) in [6.45, 7) is 19.1. The molecule has 506 valence electrons. The molecule has 29 heteroatoms. The number of hydrogen-bond donors (Lipinski definition) is 10. The fourth-order valence-electron chi connectivity index (χ4n) is 15.3. The molecule has 6 aliphatic rings. The van der Waals surface area contributed by atoms with Gasteiger partial charge in [-0.05, 0) is 119 Å². The number of aromatic nitrogens is 2. The van der Waals surface area contributed by atoms with Crippen LogP contribution in [0, 0.1) is 66.6 Å². The third kappa shape index (κ3) is 14.1. The van der Waals surface area contributed by atoms with Crippen LogP contribution in [0.15, 0.2) is 67.8 Å². The summed E-state index contributed by atoms with van der Waals surface area (Å²) in [6.07, 6.45) is -4.47. The number of aryl methyl sites for hydroxylation is 2. The van der Waals surface area contributed by atoms with Crippen LogP contribution in [0.3, 0.4) is 0 Å². The molecule has 0 aliphatic carbocycles. The second-order valence-corrected chi connectivity index (χ2v) is 28.4. The van der Waals surface area contributed by atoms with Crippen LogP contribution in [0.5, 0.6) is 0 Å². The Morgan fingerprint density at radius 1 is 0.783 bits per heavy atom. The van der Waals surface area contributed by atoms with Crippen LogP contribution < -0.4 is 39.7 Å². The van der Waals surface area contributed by atoms with E-state index < -0.39 is 143 Å². The molecule has 16 N–H and O–H groups in total. The Balaban J connectivity index is 0.00000672. The van der Waals surface area contributed by atoms with Gasteiger partial charge in [0, 0.05) is 108 Å². The molecule has 15 atom stereocenters. The average molecular weight is 1350 g/mol. The first kappa shape index (κ1) is 74.5. The largest absolute Gasteiger partial charge is 3.00 e. The number of carbonyl (C=O) groups is 7. The zero-order valence-electron chi connectivity index (χ0n) is 54.5. The predicted octanol–water partition coefficient (Wildman–Crippen LogP) is 4.40. The minimum Gasteiger partial charge on any atom is -0.682 e. The number of amides is 7. The summed E-state index contributed by atoms with van der Waals surface area (Å²) in [7, 11) is -5.07. The van der Waals surface area contributed by atoms with Crippen LogP contribution in [0.4, 0.5) is 0 Å². The van der Waals surface area contributed by atoms with Crippen molar-refractivity contribution in [3.8, 4) is 0 Å². The maximum absolute atomic E-state index is 14.4. The van der Waals surface area contributed by atoms with Gasteiger partial charge in [0.1, 0.15) is 18.3 Å². The van der Waals surface area contributed by atoms with Gasteiger partial charge in [0.15, 0.2) is 6.23 Å². The van der Waals surface area contributed by atoms with Gasteiger partial charge >= 0.3 is 24.6 Å². The number of nitrogens with two attached hydrogens (primary N) is 6. The number of phosphoric ester groups is 1. The number of aliphatic hydroxyl groups excluding tert-OH is 2. The third-order valence-corrected chi connectivity index (χ3v) is 21.6. The normalized spacial score (nSPS) is 33.5. The molecular formula is C63H92CoN13O14P+. The van der Waals surface area contributed by atoms with E-state index in [1.165, 1.54) is 13.3 Å². The van der Waals surface area contributed by atoms with E-state index >= 15 is 0 Å². The number of rotatable bonds is 26. The van der Waals surface area contributed by atoms with Crippen LogP contribution in [0.25, 0.3) is 16.4 Å². The molecular weight excluding hydrogens is 1250 g/mol. The average Bonchev–Trinajstić information content (AvgIpc) is 1.53. The van der Waals surface area contributed by atoms with E-state index in [9.17, 15) is 53.2 Å². The smallest absolute Gasteiger partial charge is 0.682 e. The standard InChI is InChI=1S/C62H90N13O14P.CH3.Co/c1-29-20-39-40(21-30(29)2)75(28-70-39)57-52(84)53(41(27-76)87-57)89-90(85,86)88-31(3)26-69-49(83)18-19-59(8)37(22-46(66)80)56-62(11)61(10,25-48(68)82)36(14-17-45(65)79)51(74-62)33(5)55-60(9,24-47(67)81)34(12-15-43(63)77)38(71-55)23-42-58(6,7)35(13-16-44(64)78)50(72-42)32(4)54(59)73-56;;/h20-21,23,28,31,34-37,41,52-53,56-57,76,84H,12-19,22,24-27H2,1-11H3,(H15,63,64,65,66,67,68,69,71,72,73,74,77,78,79,80,81,82,83,85,86);1H3;/q;-1;+3/p-1/t31-,34-,35-,36-,37+,41-,52-,53-,56+,57+,59-,60+,61+,62+;;/m1../s1. The van der Waals surface area contributed by atoms with Crippen LogP contribution in [0.2, 0.25) is 0 Å². The molecule has 27 nitrogen and oxygen atoms in total. The first-order valence-corrected chi connectivity index (χ1v) is 32.0. The van der Waals surface area contributed by atoms with Crippen molar-refractivity contribution in [3.05, 3.63) is 76.6 Å². The van der Waals surface area contributed by atoms with Crippen molar-refractivity contribution in [1.29, 1.82) is 0 Å². The van der Waals surface area contributed by atoms with Crippen LogP contribution in [-0.4, -0.2) is 132 Å². The maximum Gasteiger partial charge on any atom is 3.00 e. The minimum absolute atomic E-state index is 0. The van der Waals surface area contributed by atoms with Gasteiger partial charge in [0.05, 0.1) is 41.3 Å². The fraction of sp³-hybridized carbons (Fsp3) is 0.619. The van der Waals surface area contributed by atoms with Gasteiger partial charge in [0.25, 0.3) is 0 Å². The van der Waals surface area contributed by atoms with Crippen LogP contribution in [-0.2, 0) is 68.7 Å². The number of aliphatic hydroxyl groups is 2. The van der Waals surface area contributed by atoms with Crippen molar-refractivity contribution in [2.45, 2.75) is 189 Å². The molecule has 7 heterocycles. The summed E-state index contributed by atoms with van der Waals surface area (Å²) < 4.78 is 32.3. The quantitative estimate of drug-likeness (QED) is 0.0461. The van der Waals surface area contributed by atoms with Crippen molar-refractivity contribution in [1.82, 2.24) is 14.9 Å². The van der Waals surface area contributed by atoms with Crippen molar-refractivity contribution >= 4 is 77.3 Å². The molecule has 2 aromatic rings. The van der Waals surface area contributed by atoms with Gasteiger partial charge in [-0.1, -0.05) is 40.7 Å². The number of ether oxygens (including phenoxy) is 1. The number of primary amides is 6. The van der Waals surface area contributed by atoms with E-state index in [0.29, 0.717) is 56.4 Å². The molecule has 0 radical (unpaired) electrons. The van der Waals surface area contributed by atoms with Crippen molar-refractivity contribution in [2.24, 2.45) is 94.7 Å². The number of aliphatic imine (C=N–C) groups is 3. The van der Waals surface area contributed by atoms with E-state index in [-0.39, 0.29) is 101 Å². The summed E-state index contributed by atoms with van der Waals surface area (Å²) in [5.74, 6) is -7.34. The third-order valence-electron chi connectivity index (χ3n) is 20.5. The topological polar surface area (TPSA) is 462 Å². The summed E-state index contributed by atoms with van der Waals surface area (Å²) >= 11 is 0. The number of phosphoric acid groups is 1. The molecule has 8 rings (SSSR count). The second kappa shape index (κ2) is 27.8. The van der Waals surface area contributed by atoms with Crippen LogP contribution in [0.1, 0.15) is 150 Å². The molecule has 1 unspecified atom stereocenters.